The van der Waals surface area contributed by atoms with Gasteiger partial charge < -0.3 is 15.0 Å². The molecule has 0 amide bonds. The van der Waals surface area contributed by atoms with E-state index in [2.05, 4.69) is 27.4 Å². The molecule has 1 saturated heterocycles. The summed E-state index contributed by atoms with van der Waals surface area (Å²) in [6, 6.07) is 14.7. The fourth-order valence-corrected chi connectivity index (χ4v) is 3.71. The summed E-state index contributed by atoms with van der Waals surface area (Å²) >= 11 is 5.94. The molecular formula is C22H19ClFN5O. The number of aromatic nitrogens is 3. The molecule has 1 aliphatic rings. The van der Waals surface area contributed by atoms with Crippen LogP contribution in [-0.2, 0) is 4.74 Å². The van der Waals surface area contributed by atoms with E-state index in [1.807, 2.05) is 24.4 Å². The van der Waals surface area contributed by atoms with Gasteiger partial charge in [0.2, 0.25) is 0 Å². The first-order chi connectivity index (χ1) is 14.7. The van der Waals surface area contributed by atoms with Crippen LogP contribution in [0.4, 0.5) is 21.6 Å². The Labute approximate surface area is 177 Å². The molecule has 4 aromatic rings. The van der Waals surface area contributed by atoms with E-state index in [-0.39, 0.29) is 5.02 Å². The molecule has 5 rings (SSSR count). The lowest BCUT2D eigenvalue weighted by molar-refractivity contribution is 0.122. The van der Waals surface area contributed by atoms with Gasteiger partial charge >= 0.3 is 0 Å². The van der Waals surface area contributed by atoms with Crippen molar-refractivity contribution in [2.45, 2.75) is 0 Å². The Hall–Kier alpha value is -3.16. The molecule has 0 unspecified atom stereocenters. The van der Waals surface area contributed by atoms with Crippen molar-refractivity contribution in [3.8, 4) is 11.1 Å². The zero-order valence-corrected chi connectivity index (χ0v) is 16.8. The first kappa shape index (κ1) is 18.8. The molecule has 1 aliphatic heterocycles. The van der Waals surface area contributed by atoms with Crippen molar-refractivity contribution in [3.05, 3.63) is 71.8 Å². The third kappa shape index (κ3) is 3.69. The topological polar surface area (TPSA) is 54.7 Å². The third-order valence-electron chi connectivity index (χ3n) is 5.12. The molecule has 30 heavy (non-hydrogen) atoms. The minimum atomic E-state index is -0.451. The molecule has 1 fully saturated rings. The third-order valence-corrected chi connectivity index (χ3v) is 5.41. The van der Waals surface area contributed by atoms with Crippen LogP contribution >= 0.6 is 11.6 Å². The quantitative estimate of drug-likeness (QED) is 0.512. The summed E-state index contributed by atoms with van der Waals surface area (Å²) in [6.07, 6.45) is 3.54. The highest BCUT2D eigenvalue weighted by molar-refractivity contribution is 6.31. The molecule has 0 aliphatic carbocycles. The summed E-state index contributed by atoms with van der Waals surface area (Å²) < 4.78 is 20.6. The first-order valence-electron chi connectivity index (χ1n) is 9.67. The van der Waals surface area contributed by atoms with E-state index in [1.54, 1.807) is 22.8 Å². The molecule has 8 heteroatoms. The molecule has 0 spiro atoms. The van der Waals surface area contributed by atoms with E-state index < -0.39 is 5.82 Å². The first-order valence-corrected chi connectivity index (χ1v) is 10.0. The minimum Gasteiger partial charge on any atom is -0.378 e. The standard InChI is InChI=1S/C22H19ClFN5O/c23-19-13-15(1-6-20(19)24)18-14-25-29-8-7-21(27-22(18)29)26-16-2-4-17(5-3-16)28-9-11-30-12-10-28/h1-8,13-14H,9-12H2,(H,26,27). The van der Waals surface area contributed by atoms with Crippen LogP contribution in [0.25, 0.3) is 16.8 Å². The summed E-state index contributed by atoms with van der Waals surface area (Å²) in [5, 5.41) is 7.74. The van der Waals surface area contributed by atoms with Crippen molar-refractivity contribution in [1.29, 1.82) is 0 Å². The maximum absolute atomic E-state index is 13.5. The molecule has 152 valence electrons. The smallest absolute Gasteiger partial charge is 0.165 e. The second-order valence-electron chi connectivity index (χ2n) is 7.04. The number of nitrogens with one attached hydrogen (secondary N) is 1. The van der Waals surface area contributed by atoms with Gasteiger partial charge in [-0.3, -0.25) is 0 Å². The summed E-state index contributed by atoms with van der Waals surface area (Å²) in [6.45, 7) is 3.33. The van der Waals surface area contributed by atoms with Gasteiger partial charge in [0, 0.05) is 36.2 Å². The highest BCUT2D eigenvalue weighted by atomic mass is 35.5. The molecule has 0 saturated carbocycles. The van der Waals surface area contributed by atoms with Gasteiger partial charge in [-0.2, -0.15) is 5.10 Å². The molecule has 2 aromatic carbocycles. The summed E-state index contributed by atoms with van der Waals surface area (Å²) in [4.78, 5) is 7.01. The van der Waals surface area contributed by atoms with Gasteiger partial charge in [-0.25, -0.2) is 13.9 Å². The molecule has 0 bridgehead atoms. The van der Waals surface area contributed by atoms with Gasteiger partial charge in [0.15, 0.2) is 5.65 Å². The van der Waals surface area contributed by atoms with Crippen LogP contribution in [0.2, 0.25) is 5.02 Å². The van der Waals surface area contributed by atoms with E-state index in [0.29, 0.717) is 11.5 Å². The van der Waals surface area contributed by atoms with Crippen LogP contribution in [0.1, 0.15) is 0 Å². The number of morpholine rings is 1. The molecule has 0 atom stereocenters. The van der Waals surface area contributed by atoms with Gasteiger partial charge in [-0.1, -0.05) is 17.7 Å². The van der Waals surface area contributed by atoms with Crippen molar-refractivity contribution in [3.63, 3.8) is 0 Å². The number of anilines is 3. The monoisotopic (exact) mass is 423 g/mol. The van der Waals surface area contributed by atoms with Crippen LogP contribution in [0, 0.1) is 5.82 Å². The maximum atomic E-state index is 13.5. The predicted octanol–water partition coefficient (Wildman–Crippen LogP) is 4.77. The van der Waals surface area contributed by atoms with Gasteiger partial charge in [0.25, 0.3) is 0 Å². The fourth-order valence-electron chi connectivity index (χ4n) is 3.53. The molecular weight excluding hydrogens is 405 g/mol. The fraction of sp³-hybridized carbons (Fsp3) is 0.182. The summed E-state index contributed by atoms with van der Waals surface area (Å²) in [7, 11) is 0. The van der Waals surface area contributed by atoms with E-state index in [4.69, 9.17) is 21.3 Å². The van der Waals surface area contributed by atoms with E-state index >= 15 is 0 Å². The van der Waals surface area contributed by atoms with Gasteiger partial charge in [0.05, 0.1) is 24.4 Å². The normalized spacial score (nSPS) is 14.3. The second kappa shape index (κ2) is 7.93. The van der Waals surface area contributed by atoms with Crippen LogP contribution in [-0.4, -0.2) is 40.9 Å². The van der Waals surface area contributed by atoms with Crippen molar-refractivity contribution in [1.82, 2.24) is 14.6 Å². The van der Waals surface area contributed by atoms with Crippen molar-refractivity contribution < 1.29 is 9.13 Å². The Balaban J connectivity index is 1.40. The number of fused-ring (bicyclic) bond motifs is 1. The zero-order chi connectivity index (χ0) is 20.5. The van der Waals surface area contributed by atoms with Gasteiger partial charge in [0.1, 0.15) is 11.6 Å². The lowest BCUT2D eigenvalue weighted by Crippen LogP contribution is -2.36. The summed E-state index contributed by atoms with van der Waals surface area (Å²) in [5.41, 5.74) is 4.32. The van der Waals surface area contributed by atoms with E-state index in [0.717, 1.165) is 43.1 Å². The molecule has 2 aromatic heterocycles. The van der Waals surface area contributed by atoms with E-state index in [1.165, 1.54) is 11.8 Å². The lowest BCUT2D eigenvalue weighted by atomic mass is 10.1. The Morgan fingerprint density at radius 3 is 2.60 bits per heavy atom. The zero-order valence-electron chi connectivity index (χ0n) is 16.1. The lowest BCUT2D eigenvalue weighted by Gasteiger charge is -2.28. The molecule has 0 radical (unpaired) electrons. The summed E-state index contributed by atoms with van der Waals surface area (Å²) in [5.74, 6) is 0.240. The van der Waals surface area contributed by atoms with Crippen molar-refractivity contribution >= 4 is 34.4 Å². The molecule has 3 heterocycles. The molecule has 1 N–H and O–H groups in total. The van der Waals surface area contributed by atoms with Crippen LogP contribution in [0.3, 0.4) is 0 Å². The average Bonchev–Trinajstić information content (AvgIpc) is 3.20. The number of hydrogen-bond acceptors (Lipinski definition) is 5. The predicted molar refractivity (Wildman–Crippen MR) is 116 cm³/mol. The van der Waals surface area contributed by atoms with Crippen molar-refractivity contribution in [2.75, 3.05) is 36.5 Å². The Morgan fingerprint density at radius 2 is 1.83 bits per heavy atom. The number of halogens is 2. The number of ether oxygens (including phenoxy) is 1. The van der Waals surface area contributed by atoms with Crippen LogP contribution < -0.4 is 10.2 Å². The number of nitrogens with zero attached hydrogens (tertiary/aromatic N) is 4. The number of benzene rings is 2. The Bertz CT molecular complexity index is 1190. The van der Waals surface area contributed by atoms with E-state index in [9.17, 15) is 4.39 Å². The minimum absolute atomic E-state index is 0.0708. The number of rotatable bonds is 4. The highest BCUT2D eigenvalue weighted by Gasteiger charge is 2.13. The average molecular weight is 424 g/mol. The largest absolute Gasteiger partial charge is 0.378 e. The van der Waals surface area contributed by atoms with Crippen LogP contribution in [0.15, 0.2) is 60.9 Å². The van der Waals surface area contributed by atoms with Gasteiger partial charge in [-0.05, 0) is 48.0 Å². The second-order valence-corrected chi connectivity index (χ2v) is 7.45. The van der Waals surface area contributed by atoms with Crippen molar-refractivity contribution in [2.24, 2.45) is 0 Å². The highest BCUT2D eigenvalue weighted by Crippen LogP contribution is 2.28. The Morgan fingerprint density at radius 1 is 1.03 bits per heavy atom. The maximum Gasteiger partial charge on any atom is 0.165 e. The van der Waals surface area contributed by atoms with Gasteiger partial charge in [-0.15, -0.1) is 0 Å². The molecule has 6 nitrogen and oxygen atoms in total. The van der Waals surface area contributed by atoms with Crippen LogP contribution in [0.5, 0.6) is 0 Å². The number of hydrogen-bond donors (Lipinski definition) is 1. The Kier molecular flexibility index (Phi) is 4.98. The SMILES string of the molecule is Fc1ccc(-c2cnn3ccc(Nc4ccc(N5CCOCC5)cc4)nc23)cc1Cl.